The van der Waals surface area contributed by atoms with Gasteiger partial charge in [-0.1, -0.05) is 23.4 Å². The van der Waals surface area contributed by atoms with Crippen molar-refractivity contribution in [2.24, 2.45) is 0 Å². The minimum absolute atomic E-state index is 0.0624. The second-order valence-electron chi connectivity index (χ2n) is 14.1. The van der Waals surface area contributed by atoms with Crippen molar-refractivity contribution in [2.45, 2.75) is 26.8 Å². The molecule has 342 valence electrons. The Kier molecular flexibility index (Phi) is 21.4. The molecule has 1 unspecified atom stereocenters. The van der Waals surface area contributed by atoms with Crippen LogP contribution >= 0.6 is 0 Å². The molecular formula is C45H60N6O12. The summed E-state index contributed by atoms with van der Waals surface area (Å²) in [6, 6.07) is 15.5. The highest BCUT2D eigenvalue weighted by molar-refractivity contribution is 5.97. The summed E-state index contributed by atoms with van der Waals surface area (Å²) >= 11 is 0. The fourth-order valence-electron chi connectivity index (χ4n) is 6.47. The Labute approximate surface area is 367 Å². The van der Waals surface area contributed by atoms with Crippen LogP contribution in [0.2, 0.25) is 0 Å². The number of amides is 2. The molecule has 5 aromatic rings. The van der Waals surface area contributed by atoms with Crippen molar-refractivity contribution in [2.75, 3.05) is 119 Å². The van der Waals surface area contributed by atoms with Gasteiger partial charge in [0.2, 0.25) is 0 Å². The van der Waals surface area contributed by atoms with E-state index in [-0.39, 0.29) is 18.5 Å². The van der Waals surface area contributed by atoms with E-state index < -0.39 is 6.09 Å². The molecular weight excluding hydrogens is 817 g/mol. The summed E-state index contributed by atoms with van der Waals surface area (Å²) in [4.78, 5) is 32.8. The summed E-state index contributed by atoms with van der Waals surface area (Å²) in [6.45, 7) is 13.4. The quantitative estimate of drug-likeness (QED) is 0.0480. The number of hydrogen-bond donors (Lipinski definition) is 3. The molecule has 5 rings (SSSR count). The third-order valence-electron chi connectivity index (χ3n) is 9.64. The average molecular weight is 877 g/mol. The first-order chi connectivity index (χ1) is 30.8. The molecule has 63 heavy (non-hydrogen) atoms. The van der Waals surface area contributed by atoms with Crippen molar-refractivity contribution in [3.8, 4) is 22.3 Å². The van der Waals surface area contributed by atoms with Gasteiger partial charge >= 0.3 is 6.09 Å². The summed E-state index contributed by atoms with van der Waals surface area (Å²) in [5.74, 6) is 0.557. The number of ether oxygens (including phenoxy) is 8. The van der Waals surface area contributed by atoms with Gasteiger partial charge in [0, 0.05) is 53.9 Å². The molecule has 0 aliphatic heterocycles. The van der Waals surface area contributed by atoms with Gasteiger partial charge in [-0.25, -0.2) is 4.79 Å². The lowest BCUT2D eigenvalue weighted by atomic mass is 10.0. The predicted octanol–water partition coefficient (Wildman–Crippen LogP) is 5.11. The third-order valence-corrected chi connectivity index (χ3v) is 9.64. The molecule has 3 N–H and O–H groups in total. The SMILES string of the molecule is Cc1noc(C)c1-c1cnc2c(-c3ccc(C(=O)NCCOCCOCCOCCOCCOCCOCCOCCOCCNC(=O)O)cc3)cn(C(C)c3ccccn3)c2c1. The lowest BCUT2D eigenvalue weighted by molar-refractivity contribution is -0.0229. The number of carbonyl (C=O) groups is 2. The number of rotatable bonds is 32. The van der Waals surface area contributed by atoms with Crippen LogP contribution in [0.25, 0.3) is 33.3 Å². The minimum Gasteiger partial charge on any atom is -0.465 e. The molecule has 0 aliphatic rings. The lowest BCUT2D eigenvalue weighted by Crippen LogP contribution is -2.27. The number of carbonyl (C=O) groups excluding carboxylic acids is 1. The van der Waals surface area contributed by atoms with Crippen molar-refractivity contribution in [1.29, 1.82) is 0 Å². The molecule has 1 atom stereocenters. The highest BCUT2D eigenvalue weighted by atomic mass is 16.6. The van der Waals surface area contributed by atoms with Crippen LogP contribution in [0, 0.1) is 13.8 Å². The highest BCUT2D eigenvalue weighted by Crippen LogP contribution is 2.36. The summed E-state index contributed by atoms with van der Waals surface area (Å²) in [6.07, 6.45) is 4.69. The first-order valence-electron chi connectivity index (χ1n) is 21.2. The summed E-state index contributed by atoms with van der Waals surface area (Å²) < 4.78 is 51.4. The number of pyridine rings is 2. The molecule has 0 bridgehead atoms. The van der Waals surface area contributed by atoms with Crippen molar-refractivity contribution < 1.29 is 57.1 Å². The van der Waals surface area contributed by atoms with Crippen molar-refractivity contribution in [3.05, 3.63) is 89.8 Å². The number of nitrogens with zero attached hydrogens (tertiary/aromatic N) is 4. The zero-order valence-corrected chi connectivity index (χ0v) is 36.4. The Morgan fingerprint density at radius 1 is 0.683 bits per heavy atom. The molecule has 2 amide bonds. The Bertz CT molecular complexity index is 2060. The topological polar surface area (TPSA) is 209 Å². The monoisotopic (exact) mass is 876 g/mol. The maximum absolute atomic E-state index is 12.9. The van der Waals surface area contributed by atoms with Gasteiger partial charge in [-0.05, 0) is 56.7 Å². The number of aromatic nitrogens is 4. The zero-order valence-electron chi connectivity index (χ0n) is 36.4. The fourth-order valence-corrected chi connectivity index (χ4v) is 6.47. The van der Waals surface area contributed by atoms with Gasteiger partial charge in [0.25, 0.3) is 5.91 Å². The van der Waals surface area contributed by atoms with Gasteiger partial charge in [-0.3, -0.25) is 14.8 Å². The molecule has 0 fully saturated rings. The van der Waals surface area contributed by atoms with Gasteiger partial charge in [0.05, 0.1) is 134 Å². The van der Waals surface area contributed by atoms with Crippen LogP contribution in [-0.2, 0) is 37.9 Å². The third kappa shape index (κ3) is 16.4. The maximum atomic E-state index is 12.9. The first-order valence-corrected chi connectivity index (χ1v) is 21.2. The Balaban J connectivity index is 0.881. The van der Waals surface area contributed by atoms with Gasteiger partial charge in [0.15, 0.2) is 0 Å². The molecule has 18 heteroatoms. The van der Waals surface area contributed by atoms with Crippen LogP contribution in [-0.4, -0.2) is 156 Å². The van der Waals surface area contributed by atoms with E-state index in [1.807, 2.05) is 62.5 Å². The van der Waals surface area contributed by atoms with Gasteiger partial charge < -0.3 is 62.7 Å². The minimum atomic E-state index is -1.07. The van der Waals surface area contributed by atoms with Crippen LogP contribution in [0.1, 0.15) is 40.5 Å². The smallest absolute Gasteiger partial charge is 0.404 e. The molecule has 1 aromatic carbocycles. The van der Waals surface area contributed by atoms with Gasteiger partial charge in [-0.2, -0.15) is 0 Å². The number of hydrogen-bond acceptors (Lipinski definition) is 14. The van der Waals surface area contributed by atoms with Crippen molar-refractivity contribution >= 4 is 23.0 Å². The largest absolute Gasteiger partial charge is 0.465 e. The second-order valence-corrected chi connectivity index (χ2v) is 14.1. The van der Waals surface area contributed by atoms with E-state index in [1.165, 1.54) is 0 Å². The van der Waals surface area contributed by atoms with E-state index in [1.54, 1.807) is 6.20 Å². The number of nitrogens with one attached hydrogen (secondary N) is 2. The Morgan fingerprint density at radius 2 is 1.21 bits per heavy atom. The van der Waals surface area contributed by atoms with E-state index in [2.05, 4.69) is 44.5 Å². The van der Waals surface area contributed by atoms with E-state index in [4.69, 9.17) is 52.5 Å². The fraction of sp³-hybridized carbons (Fsp3) is 0.489. The molecule has 0 aliphatic carbocycles. The predicted molar refractivity (Wildman–Crippen MR) is 233 cm³/mol. The Morgan fingerprint density at radius 3 is 1.68 bits per heavy atom. The van der Waals surface area contributed by atoms with E-state index in [0.29, 0.717) is 118 Å². The molecule has 18 nitrogen and oxygen atoms in total. The number of benzene rings is 1. The first kappa shape index (κ1) is 48.7. The molecule has 0 saturated carbocycles. The maximum Gasteiger partial charge on any atom is 0.404 e. The van der Waals surface area contributed by atoms with E-state index in [0.717, 1.165) is 50.4 Å². The zero-order chi connectivity index (χ0) is 44.5. The van der Waals surface area contributed by atoms with E-state index >= 15 is 0 Å². The van der Waals surface area contributed by atoms with Crippen LogP contribution in [0.5, 0.6) is 0 Å². The van der Waals surface area contributed by atoms with Crippen LogP contribution in [0.3, 0.4) is 0 Å². The summed E-state index contributed by atoms with van der Waals surface area (Å²) in [5, 5.41) is 17.7. The number of fused-ring (bicyclic) bond motifs is 1. The molecule has 4 heterocycles. The highest BCUT2D eigenvalue weighted by Gasteiger charge is 2.20. The number of carboxylic acid groups (broad SMARTS) is 1. The molecule has 0 radical (unpaired) electrons. The Hall–Kier alpha value is -5.31. The molecule has 0 spiro atoms. The van der Waals surface area contributed by atoms with Gasteiger partial charge in [-0.15, -0.1) is 0 Å². The number of aryl methyl sites for hydroxylation is 2. The van der Waals surface area contributed by atoms with Crippen LogP contribution < -0.4 is 10.6 Å². The second kappa shape index (κ2) is 27.7. The normalized spacial score (nSPS) is 11.9. The van der Waals surface area contributed by atoms with E-state index in [9.17, 15) is 9.59 Å². The summed E-state index contributed by atoms with van der Waals surface area (Å²) in [5.41, 5.74) is 7.84. The van der Waals surface area contributed by atoms with Crippen LogP contribution in [0.4, 0.5) is 4.79 Å². The average Bonchev–Trinajstić information content (AvgIpc) is 3.85. The standard InChI is InChI=1S/C45H60N6O12/c1-33-42(35(3)63-50-33)38-30-41-43(49-31-38)39(32-51(41)34(2)40-6-4-5-11-46-40)36-7-9-37(10-8-36)44(52)47-12-14-55-16-18-57-20-22-59-24-26-61-28-29-62-27-25-60-23-21-58-19-17-56-15-13-48-45(53)54/h4-11,30-32,34,48H,12-29H2,1-3H3,(H,47,52)(H,53,54). The van der Waals surface area contributed by atoms with Crippen molar-refractivity contribution in [1.82, 2.24) is 30.3 Å². The summed E-state index contributed by atoms with van der Waals surface area (Å²) in [7, 11) is 0. The lowest BCUT2D eigenvalue weighted by Gasteiger charge is -2.15. The molecule has 4 aromatic heterocycles. The molecule has 0 saturated heterocycles. The van der Waals surface area contributed by atoms with Gasteiger partial charge in [0.1, 0.15) is 5.76 Å². The van der Waals surface area contributed by atoms with Crippen molar-refractivity contribution in [3.63, 3.8) is 0 Å². The van der Waals surface area contributed by atoms with Crippen LogP contribution in [0.15, 0.2) is 71.6 Å².